The molecule has 31 heavy (non-hydrogen) atoms. The van der Waals surface area contributed by atoms with Crippen LogP contribution in [0.15, 0.2) is 52.1 Å². The molecule has 1 fully saturated rings. The van der Waals surface area contributed by atoms with Gasteiger partial charge in [0.1, 0.15) is 5.76 Å². The molecule has 0 radical (unpaired) electrons. The molecule has 0 saturated carbocycles. The third-order valence-corrected chi connectivity index (χ3v) is 5.20. The average molecular weight is 427 g/mol. The Morgan fingerprint density at radius 1 is 1.23 bits per heavy atom. The molecule has 1 unspecified atom stereocenters. The summed E-state index contributed by atoms with van der Waals surface area (Å²) in [5.41, 5.74) is 1.55. The van der Waals surface area contributed by atoms with E-state index in [-0.39, 0.29) is 17.8 Å². The van der Waals surface area contributed by atoms with Gasteiger partial charge in [-0.05, 0) is 49.6 Å². The first-order valence-corrected chi connectivity index (χ1v) is 10.6. The van der Waals surface area contributed by atoms with E-state index in [0.717, 1.165) is 30.9 Å². The second-order valence-electron chi connectivity index (χ2n) is 7.40. The van der Waals surface area contributed by atoms with Gasteiger partial charge in [0, 0.05) is 32.2 Å². The number of carbonyl (C=O) groups excluding carboxylic acids is 2. The van der Waals surface area contributed by atoms with Crippen LogP contribution < -0.4 is 10.6 Å². The molecule has 1 aromatic heterocycles. The summed E-state index contributed by atoms with van der Waals surface area (Å²) >= 11 is 0. The number of nitrogens with zero attached hydrogens (tertiary/aromatic N) is 2. The molecule has 2 heterocycles. The highest BCUT2D eigenvalue weighted by atomic mass is 16.5. The van der Waals surface area contributed by atoms with Gasteiger partial charge in [-0.1, -0.05) is 12.1 Å². The lowest BCUT2D eigenvalue weighted by Gasteiger charge is -2.34. The summed E-state index contributed by atoms with van der Waals surface area (Å²) in [7, 11) is 1.73. The van der Waals surface area contributed by atoms with E-state index in [1.54, 1.807) is 25.4 Å². The minimum Gasteiger partial charge on any atom is -0.467 e. The molecule has 2 N–H and O–H groups in total. The van der Waals surface area contributed by atoms with Crippen molar-refractivity contribution in [3.8, 4) is 0 Å². The molecule has 3 rings (SSSR count). The van der Waals surface area contributed by atoms with Gasteiger partial charge in [-0.25, -0.2) is 0 Å². The number of hydrogen-bond donors (Lipinski definition) is 2. The first-order valence-electron chi connectivity index (χ1n) is 10.6. The zero-order chi connectivity index (χ0) is 22.1. The summed E-state index contributed by atoms with van der Waals surface area (Å²) in [5, 5.41) is 6.20. The van der Waals surface area contributed by atoms with Crippen LogP contribution in [0.5, 0.6) is 0 Å². The largest absolute Gasteiger partial charge is 0.467 e. The number of carbonyl (C=O) groups is 2. The number of esters is 1. The van der Waals surface area contributed by atoms with E-state index in [1.165, 1.54) is 0 Å². The Hall–Kier alpha value is -3.29. The zero-order valence-electron chi connectivity index (χ0n) is 18.1. The Kier molecular flexibility index (Phi) is 8.09. The van der Waals surface area contributed by atoms with Crippen molar-refractivity contribution in [1.82, 2.24) is 15.5 Å². The number of amides is 1. The summed E-state index contributed by atoms with van der Waals surface area (Å²) in [6.07, 6.45) is 3.33. The zero-order valence-corrected chi connectivity index (χ0v) is 18.1. The van der Waals surface area contributed by atoms with Crippen LogP contribution >= 0.6 is 0 Å². The molecule has 1 aliphatic heterocycles. The molecule has 0 aliphatic carbocycles. The fourth-order valence-electron chi connectivity index (χ4n) is 3.64. The van der Waals surface area contributed by atoms with Crippen molar-refractivity contribution in [2.75, 3.05) is 26.7 Å². The maximum atomic E-state index is 12.4. The van der Waals surface area contributed by atoms with E-state index < -0.39 is 0 Å². The van der Waals surface area contributed by atoms with Gasteiger partial charge in [-0.3, -0.25) is 14.6 Å². The van der Waals surface area contributed by atoms with Crippen LogP contribution in [0.25, 0.3) is 0 Å². The molecule has 0 spiro atoms. The Labute approximate surface area is 182 Å². The average Bonchev–Trinajstić information content (AvgIpc) is 3.32. The van der Waals surface area contributed by atoms with Gasteiger partial charge >= 0.3 is 5.97 Å². The lowest BCUT2D eigenvalue weighted by molar-refractivity contribution is -0.149. The molecule has 8 heteroatoms. The van der Waals surface area contributed by atoms with Gasteiger partial charge in [0.15, 0.2) is 5.96 Å². The van der Waals surface area contributed by atoms with Gasteiger partial charge in [0.2, 0.25) is 0 Å². The number of rotatable bonds is 7. The highest BCUT2D eigenvalue weighted by Gasteiger charge is 2.28. The Bertz CT molecular complexity index is 895. The quantitative estimate of drug-likeness (QED) is 0.401. The molecule has 8 nitrogen and oxygen atoms in total. The lowest BCUT2D eigenvalue weighted by Crippen LogP contribution is -2.48. The number of likely N-dealkylation sites (tertiary alicyclic amines) is 1. The number of guanidine groups is 1. The summed E-state index contributed by atoms with van der Waals surface area (Å²) in [5.74, 6) is 1.01. The Morgan fingerprint density at radius 2 is 2.10 bits per heavy atom. The SMILES string of the molecule is CCOC(=O)C1CCCN(C(=NC)NCc2cccc(C(=O)NCc3ccco3)c2)C1. The van der Waals surface area contributed by atoms with Crippen LogP contribution in [-0.2, 0) is 22.6 Å². The predicted octanol–water partition coefficient (Wildman–Crippen LogP) is 2.56. The van der Waals surface area contributed by atoms with Crippen molar-refractivity contribution < 1.29 is 18.7 Å². The van der Waals surface area contributed by atoms with Crippen molar-refractivity contribution >= 4 is 17.8 Å². The first kappa shape index (κ1) is 22.4. The van der Waals surface area contributed by atoms with E-state index in [2.05, 4.69) is 20.5 Å². The van der Waals surface area contributed by atoms with Gasteiger partial charge in [-0.2, -0.15) is 0 Å². The summed E-state index contributed by atoms with van der Waals surface area (Å²) < 4.78 is 10.4. The van der Waals surface area contributed by atoms with Crippen molar-refractivity contribution in [1.29, 1.82) is 0 Å². The fraction of sp³-hybridized carbons (Fsp3) is 0.435. The number of piperidine rings is 1. The number of benzene rings is 1. The molecule has 166 valence electrons. The van der Waals surface area contributed by atoms with Crippen LogP contribution in [0, 0.1) is 5.92 Å². The molecule has 1 amide bonds. The third-order valence-electron chi connectivity index (χ3n) is 5.20. The number of nitrogens with one attached hydrogen (secondary N) is 2. The third kappa shape index (κ3) is 6.34. The minimum absolute atomic E-state index is 0.131. The maximum Gasteiger partial charge on any atom is 0.310 e. The number of ether oxygens (including phenoxy) is 1. The highest BCUT2D eigenvalue weighted by molar-refractivity contribution is 5.94. The normalized spacial score (nSPS) is 16.6. The Morgan fingerprint density at radius 3 is 2.84 bits per heavy atom. The number of furan rings is 1. The second kappa shape index (κ2) is 11.2. The van der Waals surface area contributed by atoms with Crippen LogP contribution in [0.2, 0.25) is 0 Å². The van der Waals surface area contributed by atoms with Crippen LogP contribution in [0.1, 0.15) is 41.4 Å². The summed E-state index contributed by atoms with van der Waals surface area (Å²) in [6, 6.07) is 11.1. The van der Waals surface area contributed by atoms with E-state index >= 15 is 0 Å². The second-order valence-corrected chi connectivity index (χ2v) is 7.40. The van der Waals surface area contributed by atoms with Crippen LogP contribution in [-0.4, -0.2) is 49.5 Å². The molecular weight excluding hydrogens is 396 g/mol. The topological polar surface area (TPSA) is 96.2 Å². The number of hydrogen-bond acceptors (Lipinski definition) is 5. The minimum atomic E-state index is -0.157. The van der Waals surface area contributed by atoms with Crippen LogP contribution in [0.4, 0.5) is 0 Å². The predicted molar refractivity (Wildman–Crippen MR) is 117 cm³/mol. The molecule has 1 atom stereocenters. The van der Waals surface area contributed by atoms with Gasteiger partial charge < -0.3 is 24.7 Å². The highest BCUT2D eigenvalue weighted by Crippen LogP contribution is 2.18. The molecule has 0 bridgehead atoms. The fourth-order valence-corrected chi connectivity index (χ4v) is 3.64. The first-order chi connectivity index (χ1) is 15.1. The smallest absolute Gasteiger partial charge is 0.310 e. The van der Waals surface area contributed by atoms with E-state index in [9.17, 15) is 9.59 Å². The number of aliphatic imine (C=N–C) groups is 1. The Balaban J connectivity index is 1.55. The van der Waals surface area contributed by atoms with Crippen molar-refractivity contribution in [3.05, 3.63) is 59.5 Å². The summed E-state index contributed by atoms with van der Waals surface area (Å²) in [6.45, 7) is 4.51. The van der Waals surface area contributed by atoms with Gasteiger partial charge in [0.25, 0.3) is 5.91 Å². The van der Waals surface area contributed by atoms with Crippen molar-refractivity contribution in [3.63, 3.8) is 0 Å². The molecule has 2 aromatic rings. The van der Waals surface area contributed by atoms with Gasteiger partial charge in [-0.15, -0.1) is 0 Å². The standard InChI is InChI=1S/C23H30N4O4/c1-3-30-22(29)19-9-5-11-27(16-19)23(24-2)26-14-17-7-4-8-18(13-17)21(28)25-15-20-10-6-12-31-20/h4,6-8,10,12-13,19H,3,5,9,11,14-16H2,1-2H3,(H,24,26)(H,25,28). The van der Waals surface area contributed by atoms with E-state index in [1.807, 2.05) is 31.2 Å². The van der Waals surface area contributed by atoms with Crippen molar-refractivity contribution in [2.24, 2.45) is 10.9 Å². The maximum absolute atomic E-state index is 12.4. The molecule has 1 aromatic carbocycles. The molecule has 1 aliphatic rings. The molecular formula is C23H30N4O4. The van der Waals surface area contributed by atoms with Gasteiger partial charge in [0.05, 0.1) is 25.3 Å². The summed E-state index contributed by atoms with van der Waals surface area (Å²) in [4.78, 5) is 31.0. The van der Waals surface area contributed by atoms with Crippen LogP contribution in [0.3, 0.4) is 0 Å². The molecule has 1 saturated heterocycles. The van der Waals surface area contributed by atoms with E-state index in [4.69, 9.17) is 9.15 Å². The van der Waals surface area contributed by atoms with Crippen molar-refractivity contribution in [2.45, 2.75) is 32.9 Å². The monoisotopic (exact) mass is 426 g/mol. The lowest BCUT2D eigenvalue weighted by atomic mass is 9.98. The van der Waals surface area contributed by atoms with E-state index in [0.29, 0.717) is 37.6 Å².